The second kappa shape index (κ2) is 3.59. The van der Waals surface area contributed by atoms with Gasteiger partial charge in [-0.1, -0.05) is 0 Å². The van der Waals surface area contributed by atoms with Gasteiger partial charge in [-0.25, -0.2) is 0 Å². The maximum Gasteiger partial charge on any atom is 0.150 e. The maximum atomic E-state index is 10.8. The molecule has 0 aliphatic carbocycles. The smallest absolute Gasteiger partial charge is 0.150 e. The van der Waals surface area contributed by atoms with E-state index in [0.29, 0.717) is 0 Å². The van der Waals surface area contributed by atoms with Gasteiger partial charge in [0.1, 0.15) is 0 Å². The number of benzene rings is 1. The summed E-state index contributed by atoms with van der Waals surface area (Å²) in [7, 11) is 0. The standard InChI is InChI=1S/C9H5IOS2/c10-6-1-5(4-11)7-3-9(12)13-8(7)2-6/h1-4,12H. The van der Waals surface area contributed by atoms with E-state index in [1.165, 1.54) is 0 Å². The molecule has 66 valence electrons. The number of carbonyl (C=O) groups is 1. The summed E-state index contributed by atoms with van der Waals surface area (Å²) in [4.78, 5) is 10.8. The molecule has 0 N–H and O–H groups in total. The van der Waals surface area contributed by atoms with Crippen molar-refractivity contribution < 1.29 is 4.79 Å². The predicted octanol–water partition coefficient (Wildman–Crippen LogP) is 3.61. The van der Waals surface area contributed by atoms with Crippen LogP contribution in [0, 0.1) is 3.57 Å². The van der Waals surface area contributed by atoms with E-state index >= 15 is 0 Å². The molecule has 0 fully saturated rings. The number of thiol groups is 1. The van der Waals surface area contributed by atoms with Gasteiger partial charge >= 0.3 is 0 Å². The highest BCUT2D eigenvalue weighted by Crippen LogP contribution is 2.31. The average molecular weight is 320 g/mol. The first-order valence-electron chi connectivity index (χ1n) is 3.58. The molecular formula is C9H5IOS2. The number of carbonyl (C=O) groups excluding carboxylic acids is 1. The van der Waals surface area contributed by atoms with Crippen molar-refractivity contribution in [1.82, 2.24) is 0 Å². The number of thiophene rings is 1. The summed E-state index contributed by atoms with van der Waals surface area (Å²) < 4.78 is 3.15. The Labute approximate surface area is 98.7 Å². The van der Waals surface area contributed by atoms with Crippen LogP contribution in [0.25, 0.3) is 10.1 Å². The molecule has 13 heavy (non-hydrogen) atoms. The Hall–Kier alpha value is -0.0700. The highest BCUT2D eigenvalue weighted by molar-refractivity contribution is 14.1. The van der Waals surface area contributed by atoms with Gasteiger partial charge in [-0.2, -0.15) is 0 Å². The zero-order valence-electron chi connectivity index (χ0n) is 6.45. The summed E-state index contributed by atoms with van der Waals surface area (Å²) >= 11 is 8.07. The van der Waals surface area contributed by atoms with Gasteiger partial charge in [0, 0.05) is 19.2 Å². The third-order valence-electron chi connectivity index (χ3n) is 1.75. The zero-order valence-corrected chi connectivity index (χ0v) is 10.3. The van der Waals surface area contributed by atoms with Crippen LogP contribution >= 0.6 is 46.6 Å². The molecule has 1 aromatic carbocycles. The first-order chi connectivity index (χ1) is 6.20. The van der Waals surface area contributed by atoms with Crippen LogP contribution in [0.2, 0.25) is 0 Å². The molecule has 2 rings (SSSR count). The summed E-state index contributed by atoms with van der Waals surface area (Å²) in [5.74, 6) is 0. The fourth-order valence-corrected chi connectivity index (χ4v) is 3.37. The molecule has 0 atom stereocenters. The topological polar surface area (TPSA) is 17.1 Å². The molecule has 0 aliphatic heterocycles. The van der Waals surface area contributed by atoms with E-state index in [1.807, 2.05) is 12.1 Å². The fraction of sp³-hybridized carbons (Fsp3) is 0. The van der Waals surface area contributed by atoms with E-state index in [0.717, 1.165) is 29.7 Å². The van der Waals surface area contributed by atoms with Crippen molar-refractivity contribution in [3.63, 3.8) is 0 Å². The summed E-state index contributed by atoms with van der Waals surface area (Å²) in [6.45, 7) is 0. The third kappa shape index (κ3) is 1.75. The zero-order chi connectivity index (χ0) is 9.42. The van der Waals surface area contributed by atoms with Gasteiger partial charge in [0.25, 0.3) is 0 Å². The Balaban J connectivity index is 2.88. The van der Waals surface area contributed by atoms with Crippen LogP contribution in [0.5, 0.6) is 0 Å². The SMILES string of the molecule is O=Cc1cc(I)cc2sc(S)cc12. The number of hydrogen-bond acceptors (Lipinski definition) is 3. The lowest BCUT2D eigenvalue weighted by Crippen LogP contribution is -1.81. The van der Waals surface area contributed by atoms with Crippen molar-refractivity contribution in [3.8, 4) is 0 Å². The molecule has 0 aliphatic rings. The highest BCUT2D eigenvalue weighted by atomic mass is 127. The van der Waals surface area contributed by atoms with Gasteiger partial charge in [-0.05, 0) is 40.8 Å². The monoisotopic (exact) mass is 320 g/mol. The number of halogens is 1. The minimum Gasteiger partial charge on any atom is -0.298 e. The van der Waals surface area contributed by atoms with Gasteiger partial charge in [-0.3, -0.25) is 4.79 Å². The second-order valence-electron chi connectivity index (χ2n) is 2.61. The lowest BCUT2D eigenvalue weighted by atomic mass is 10.1. The minimum absolute atomic E-state index is 0.749. The molecular weight excluding hydrogens is 315 g/mol. The number of aldehydes is 1. The number of fused-ring (bicyclic) bond motifs is 1. The Kier molecular flexibility index (Phi) is 2.62. The van der Waals surface area contributed by atoms with Gasteiger partial charge < -0.3 is 0 Å². The molecule has 1 nitrogen and oxygen atoms in total. The van der Waals surface area contributed by atoms with Crippen LogP contribution < -0.4 is 0 Å². The normalized spacial score (nSPS) is 10.6. The van der Waals surface area contributed by atoms with Crippen LogP contribution in [0.15, 0.2) is 22.4 Å². The van der Waals surface area contributed by atoms with Crippen LogP contribution in [-0.2, 0) is 0 Å². The van der Waals surface area contributed by atoms with Crippen LogP contribution in [-0.4, -0.2) is 6.29 Å². The molecule has 0 spiro atoms. The van der Waals surface area contributed by atoms with Gasteiger partial charge in [0.2, 0.25) is 0 Å². The van der Waals surface area contributed by atoms with E-state index in [9.17, 15) is 4.79 Å². The Bertz CT molecular complexity index is 476. The van der Waals surface area contributed by atoms with Crippen molar-refractivity contribution in [1.29, 1.82) is 0 Å². The maximum absolute atomic E-state index is 10.8. The summed E-state index contributed by atoms with van der Waals surface area (Å²) in [6, 6.07) is 5.88. The molecule has 0 unspecified atom stereocenters. The summed E-state index contributed by atoms with van der Waals surface area (Å²) in [5.41, 5.74) is 0.749. The van der Waals surface area contributed by atoms with E-state index in [4.69, 9.17) is 0 Å². The van der Waals surface area contributed by atoms with Crippen molar-refractivity contribution in [2.45, 2.75) is 4.21 Å². The quantitative estimate of drug-likeness (QED) is 0.483. The Morgan fingerprint density at radius 1 is 1.38 bits per heavy atom. The largest absolute Gasteiger partial charge is 0.298 e. The molecule has 0 bridgehead atoms. The summed E-state index contributed by atoms with van der Waals surface area (Å²) in [5, 5.41) is 1.01. The highest BCUT2D eigenvalue weighted by Gasteiger charge is 2.05. The van der Waals surface area contributed by atoms with E-state index in [1.54, 1.807) is 11.3 Å². The molecule has 2 aromatic rings. The van der Waals surface area contributed by atoms with Crippen LogP contribution in [0.1, 0.15) is 10.4 Å². The van der Waals surface area contributed by atoms with Crippen molar-refractivity contribution in [2.24, 2.45) is 0 Å². The molecule has 0 radical (unpaired) electrons. The second-order valence-corrected chi connectivity index (χ2v) is 5.72. The van der Waals surface area contributed by atoms with E-state index in [2.05, 4.69) is 41.3 Å². The van der Waals surface area contributed by atoms with Crippen LogP contribution in [0.3, 0.4) is 0 Å². The minimum atomic E-state index is 0.749. The first kappa shape index (κ1) is 9.48. The Morgan fingerprint density at radius 2 is 2.15 bits per heavy atom. The van der Waals surface area contributed by atoms with E-state index in [-0.39, 0.29) is 0 Å². The third-order valence-corrected chi connectivity index (χ3v) is 3.66. The molecule has 1 aromatic heterocycles. The van der Waals surface area contributed by atoms with Crippen molar-refractivity contribution in [2.75, 3.05) is 0 Å². The van der Waals surface area contributed by atoms with Crippen molar-refractivity contribution >= 4 is 62.9 Å². The predicted molar refractivity (Wildman–Crippen MR) is 67.2 cm³/mol. The van der Waals surface area contributed by atoms with Crippen molar-refractivity contribution in [3.05, 3.63) is 27.3 Å². The lowest BCUT2D eigenvalue weighted by Gasteiger charge is -1.95. The average Bonchev–Trinajstić information content (AvgIpc) is 2.43. The summed E-state index contributed by atoms with van der Waals surface area (Å²) in [6.07, 6.45) is 0.893. The molecule has 0 amide bonds. The lowest BCUT2D eigenvalue weighted by molar-refractivity contribution is 0.112. The van der Waals surface area contributed by atoms with E-state index < -0.39 is 0 Å². The van der Waals surface area contributed by atoms with Gasteiger partial charge in [-0.15, -0.1) is 24.0 Å². The molecule has 1 heterocycles. The number of hydrogen-bond donors (Lipinski definition) is 1. The molecule has 0 saturated heterocycles. The molecule has 0 saturated carbocycles. The Morgan fingerprint density at radius 3 is 2.85 bits per heavy atom. The molecule has 4 heteroatoms. The first-order valence-corrected chi connectivity index (χ1v) is 5.92. The fourth-order valence-electron chi connectivity index (χ4n) is 1.22. The van der Waals surface area contributed by atoms with Gasteiger partial charge in [0.15, 0.2) is 6.29 Å². The number of rotatable bonds is 1. The van der Waals surface area contributed by atoms with Gasteiger partial charge in [0.05, 0.1) is 4.21 Å². The van der Waals surface area contributed by atoms with Crippen LogP contribution in [0.4, 0.5) is 0 Å².